The predicted octanol–water partition coefficient (Wildman–Crippen LogP) is 3.88. The van der Waals surface area contributed by atoms with Crippen LogP contribution >= 0.6 is 23.2 Å². The smallest absolute Gasteiger partial charge is 0.255 e. The van der Waals surface area contributed by atoms with Crippen molar-refractivity contribution >= 4 is 29.1 Å². The maximum Gasteiger partial charge on any atom is 0.255 e. The van der Waals surface area contributed by atoms with Gasteiger partial charge in [-0.2, -0.15) is 0 Å². The molecule has 1 aliphatic rings. The fraction of sp³-hybridized carbons (Fsp3) is 0.500. The zero-order chi connectivity index (χ0) is 13.1. The maximum absolute atomic E-state index is 12.5. The van der Waals surface area contributed by atoms with Crippen LogP contribution in [0.2, 0.25) is 5.02 Å². The molecule has 1 unspecified atom stereocenters. The lowest BCUT2D eigenvalue weighted by Crippen LogP contribution is -2.44. The summed E-state index contributed by atoms with van der Waals surface area (Å²) >= 11 is 12.2. The second-order valence-electron chi connectivity index (χ2n) is 4.74. The Morgan fingerprint density at radius 1 is 1.44 bits per heavy atom. The van der Waals surface area contributed by atoms with Crippen LogP contribution in [-0.2, 0) is 0 Å². The van der Waals surface area contributed by atoms with E-state index in [2.05, 4.69) is 0 Å². The van der Waals surface area contributed by atoms with E-state index in [-0.39, 0.29) is 11.9 Å². The van der Waals surface area contributed by atoms with Crippen LogP contribution in [0.25, 0.3) is 0 Å². The summed E-state index contributed by atoms with van der Waals surface area (Å²) in [5.74, 6) is 0.504. The van der Waals surface area contributed by atoms with Gasteiger partial charge in [0.2, 0.25) is 0 Å². The monoisotopic (exact) mass is 285 g/mol. The molecule has 0 spiro atoms. The van der Waals surface area contributed by atoms with Gasteiger partial charge in [-0.05, 0) is 37.8 Å². The molecule has 1 aromatic carbocycles. The van der Waals surface area contributed by atoms with Gasteiger partial charge in [0.25, 0.3) is 5.91 Å². The Morgan fingerprint density at radius 2 is 2.22 bits per heavy atom. The number of hydrogen-bond donors (Lipinski definition) is 0. The van der Waals surface area contributed by atoms with Gasteiger partial charge in [-0.25, -0.2) is 0 Å². The van der Waals surface area contributed by atoms with Gasteiger partial charge >= 0.3 is 0 Å². The highest BCUT2D eigenvalue weighted by atomic mass is 35.5. The molecule has 0 N–H and O–H groups in total. The number of nitrogens with zero attached hydrogens (tertiary/aromatic N) is 1. The number of carbonyl (C=O) groups excluding carboxylic acids is 1. The van der Waals surface area contributed by atoms with Crippen LogP contribution in [0.5, 0.6) is 0 Å². The minimum Gasteiger partial charge on any atom is -0.334 e. The molecule has 2 nitrogen and oxygen atoms in total. The molecule has 1 aromatic rings. The van der Waals surface area contributed by atoms with Crippen LogP contribution in [0, 0.1) is 6.92 Å². The first-order valence-corrected chi connectivity index (χ1v) is 7.18. The van der Waals surface area contributed by atoms with Crippen molar-refractivity contribution in [2.75, 3.05) is 12.4 Å². The molecule has 1 amide bonds. The molecule has 1 saturated heterocycles. The van der Waals surface area contributed by atoms with Crippen molar-refractivity contribution in [1.29, 1.82) is 0 Å². The van der Waals surface area contributed by atoms with Crippen molar-refractivity contribution in [1.82, 2.24) is 4.90 Å². The first kappa shape index (κ1) is 13.7. The van der Waals surface area contributed by atoms with Gasteiger partial charge in [0.15, 0.2) is 0 Å². The van der Waals surface area contributed by atoms with E-state index in [0.717, 1.165) is 31.4 Å². The summed E-state index contributed by atoms with van der Waals surface area (Å²) in [6, 6.07) is 5.71. The molecule has 0 bridgehead atoms. The average molecular weight is 286 g/mol. The summed E-state index contributed by atoms with van der Waals surface area (Å²) < 4.78 is 0. The van der Waals surface area contributed by atoms with Crippen LogP contribution in [0.15, 0.2) is 18.2 Å². The zero-order valence-electron chi connectivity index (χ0n) is 10.5. The number of amides is 1. The minimum absolute atomic E-state index is 0.00838. The van der Waals surface area contributed by atoms with E-state index in [0.29, 0.717) is 16.5 Å². The molecule has 0 aliphatic carbocycles. The molecule has 0 saturated carbocycles. The Labute approximate surface area is 118 Å². The summed E-state index contributed by atoms with van der Waals surface area (Å²) in [6.07, 6.45) is 3.17. The van der Waals surface area contributed by atoms with Gasteiger partial charge in [0.1, 0.15) is 0 Å². The Balaban J connectivity index is 2.27. The minimum atomic E-state index is 0.00838. The van der Waals surface area contributed by atoms with Crippen molar-refractivity contribution in [3.63, 3.8) is 0 Å². The quantitative estimate of drug-likeness (QED) is 0.755. The standard InChI is InChI=1S/C14H17Cl2NO/c1-10-5-4-7-12(13(10)16)14(18)17-8-3-2-6-11(17)9-15/h4-5,7,11H,2-3,6,8-9H2,1H3. The molecule has 1 heterocycles. The van der Waals surface area contributed by atoms with Gasteiger partial charge in [0.05, 0.1) is 10.6 Å². The van der Waals surface area contributed by atoms with Gasteiger partial charge in [0, 0.05) is 18.5 Å². The number of halogens is 2. The van der Waals surface area contributed by atoms with Gasteiger partial charge in [-0.15, -0.1) is 11.6 Å². The van der Waals surface area contributed by atoms with E-state index in [4.69, 9.17) is 23.2 Å². The zero-order valence-corrected chi connectivity index (χ0v) is 12.0. The van der Waals surface area contributed by atoms with Crippen molar-refractivity contribution in [2.24, 2.45) is 0 Å². The number of aryl methyl sites for hydroxylation is 1. The molecule has 18 heavy (non-hydrogen) atoms. The third-order valence-corrected chi connectivity index (χ3v) is 4.35. The molecule has 1 atom stereocenters. The van der Waals surface area contributed by atoms with E-state index in [1.54, 1.807) is 6.07 Å². The number of hydrogen-bond acceptors (Lipinski definition) is 1. The largest absolute Gasteiger partial charge is 0.334 e. The van der Waals surface area contributed by atoms with Crippen molar-refractivity contribution in [3.05, 3.63) is 34.3 Å². The molecule has 1 aliphatic heterocycles. The Morgan fingerprint density at radius 3 is 2.94 bits per heavy atom. The number of benzene rings is 1. The van der Waals surface area contributed by atoms with E-state index in [1.165, 1.54) is 0 Å². The molecule has 0 radical (unpaired) electrons. The fourth-order valence-corrected chi connectivity index (χ4v) is 2.92. The highest BCUT2D eigenvalue weighted by Crippen LogP contribution is 2.25. The van der Waals surface area contributed by atoms with E-state index >= 15 is 0 Å². The Kier molecular flexibility index (Phi) is 4.52. The first-order valence-electron chi connectivity index (χ1n) is 6.27. The van der Waals surface area contributed by atoms with Gasteiger partial charge in [-0.1, -0.05) is 23.7 Å². The second kappa shape index (κ2) is 5.94. The van der Waals surface area contributed by atoms with Crippen LogP contribution in [0.4, 0.5) is 0 Å². The molecule has 4 heteroatoms. The van der Waals surface area contributed by atoms with Crippen LogP contribution in [0.1, 0.15) is 35.2 Å². The van der Waals surface area contributed by atoms with E-state index in [1.807, 2.05) is 24.0 Å². The summed E-state index contributed by atoms with van der Waals surface area (Å²) in [5, 5.41) is 0.557. The Bertz CT molecular complexity index is 447. The molecular formula is C14H17Cl2NO. The predicted molar refractivity (Wildman–Crippen MR) is 75.6 cm³/mol. The number of alkyl halides is 1. The van der Waals surface area contributed by atoms with Crippen molar-refractivity contribution in [3.8, 4) is 0 Å². The van der Waals surface area contributed by atoms with Gasteiger partial charge in [-0.3, -0.25) is 4.79 Å². The average Bonchev–Trinajstić information content (AvgIpc) is 2.41. The third-order valence-electron chi connectivity index (χ3n) is 3.49. The molecular weight excluding hydrogens is 269 g/mol. The van der Waals surface area contributed by atoms with Crippen molar-refractivity contribution < 1.29 is 4.79 Å². The summed E-state index contributed by atoms with van der Waals surface area (Å²) in [4.78, 5) is 14.4. The number of piperidine rings is 1. The maximum atomic E-state index is 12.5. The molecule has 1 fully saturated rings. The number of rotatable bonds is 2. The summed E-state index contributed by atoms with van der Waals surface area (Å²) in [7, 11) is 0. The lowest BCUT2D eigenvalue weighted by atomic mass is 10.0. The SMILES string of the molecule is Cc1cccc(C(=O)N2CCCCC2CCl)c1Cl. The summed E-state index contributed by atoms with van der Waals surface area (Å²) in [6.45, 7) is 2.69. The highest BCUT2D eigenvalue weighted by Gasteiger charge is 2.28. The Hall–Kier alpha value is -0.730. The third kappa shape index (κ3) is 2.65. The lowest BCUT2D eigenvalue weighted by Gasteiger charge is -2.35. The van der Waals surface area contributed by atoms with Crippen molar-refractivity contribution in [2.45, 2.75) is 32.2 Å². The lowest BCUT2D eigenvalue weighted by molar-refractivity contribution is 0.0639. The highest BCUT2D eigenvalue weighted by molar-refractivity contribution is 6.34. The number of likely N-dealkylation sites (tertiary alicyclic amines) is 1. The fourth-order valence-electron chi connectivity index (χ4n) is 2.40. The molecule has 0 aromatic heterocycles. The van der Waals surface area contributed by atoms with Crippen LogP contribution in [0.3, 0.4) is 0 Å². The number of carbonyl (C=O) groups is 1. The second-order valence-corrected chi connectivity index (χ2v) is 5.43. The normalized spacial score (nSPS) is 19.9. The topological polar surface area (TPSA) is 20.3 Å². The molecule has 2 rings (SSSR count). The first-order chi connectivity index (χ1) is 8.65. The van der Waals surface area contributed by atoms with E-state index < -0.39 is 0 Å². The summed E-state index contributed by atoms with van der Waals surface area (Å²) in [5.41, 5.74) is 1.52. The van der Waals surface area contributed by atoms with E-state index in [9.17, 15) is 4.79 Å². The molecule has 98 valence electrons. The van der Waals surface area contributed by atoms with Crippen LogP contribution < -0.4 is 0 Å². The van der Waals surface area contributed by atoms with Crippen LogP contribution in [-0.4, -0.2) is 29.3 Å². The van der Waals surface area contributed by atoms with Gasteiger partial charge < -0.3 is 4.90 Å².